The maximum atomic E-state index is 11.0. The van der Waals surface area contributed by atoms with Crippen molar-refractivity contribution in [1.29, 1.82) is 0 Å². The van der Waals surface area contributed by atoms with Crippen LogP contribution >= 0.6 is 11.6 Å². The van der Waals surface area contributed by atoms with Gasteiger partial charge in [-0.1, -0.05) is 0 Å². The zero-order valence-electron chi connectivity index (χ0n) is 9.87. The molecule has 0 bridgehead atoms. The smallest absolute Gasteiger partial charge is 0.329 e. The van der Waals surface area contributed by atoms with Gasteiger partial charge in [0.05, 0.1) is 4.92 Å². The fourth-order valence-corrected chi connectivity index (χ4v) is 2.11. The predicted octanol–water partition coefficient (Wildman–Crippen LogP) is 1.65. The van der Waals surface area contributed by atoms with E-state index in [4.69, 9.17) is 16.3 Å². The van der Waals surface area contributed by atoms with Crippen LogP contribution < -0.4 is 4.90 Å². The van der Waals surface area contributed by atoms with Gasteiger partial charge in [-0.05, 0) is 24.4 Å². The quantitative estimate of drug-likeness (QED) is 0.473. The lowest BCUT2D eigenvalue weighted by atomic mass is 10.1. The number of nitrogens with zero attached hydrogens (tertiary/aromatic N) is 4. The summed E-state index contributed by atoms with van der Waals surface area (Å²) in [5.74, 6) is 0.256. The summed E-state index contributed by atoms with van der Waals surface area (Å²) in [7, 11) is 1.78. The molecule has 0 saturated carbocycles. The molecule has 8 heteroatoms. The molecule has 0 amide bonds. The summed E-state index contributed by atoms with van der Waals surface area (Å²) in [4.78, 5) is 19.9. The number of halogens is 1. The highest BCUT2D eigenvalue weighted by Crippen LogP contribution is 2.28. The molecule has 1 aromatic heterocycles. The van der Waals surface area contributed by atoms with Crippen LogP contribution in [-0.2, 0) is 4.74 Å². The SMILES string of the molecule is CN(c1nc(Cl)ncc1[N+](=O)[O-])C1CCOCC1. The van der Waals surface area contributed by atoms with Crippen molar-refractivity contribution in [2.45, 2.75) is 18.9 Å². The van der Waals surface area contributed by atoms with E-state index >= 15 is 0 Å². The first kappa shape index (κ1) is 13.0. The van der Waals surface area contributed by atoms with Crippen molar-refractivity contribution in [3.63, 3.8) is 0 Å². The number of hydrogen-bond donors (Lipinski definition) is 0. The molecule has 0 aromatic carbocycles. The van der Waals surface area contributed by atoms with Crippen LogP contribution in [0.15, 0.2) is 6.20 Å². The van der Waals surface area contributed by atoms with Crippen LogP contribution in [0.4, 0.5) is 11.5 Å². The highest BCUT2D eigenvalue weighted by molar-refractivity contribution is 6.28. The number of nitro groups is 1. The summed E-state index contributed by atoms with van der Waals surface area (Å²) < 4.78 is 5.27. The standard InChI is InChI=1S/C10H13ClN4O3/c1-14(7-2-4-18-5-3-7)9-8(15(16)17)6-12-10(11)13-9/h6-7H,2-5H2,1H3. The Morgan fingerprint density at radius 2 is 2.22 bits per heavy atom. The van der Waals surface area contributed by atoms with Crippen molar-refractivity contribution in [1.82, 2.24) is 9.97 Å². The molecule has 0 spiro atoms. The Kier molecular flexibility index (Phi) is 3.93. The van der Waals surface area contributed by atoms with Gasteiger partial charge in [0, 0.05) is 26.3 Å². The van der Waals surface area contributed by atoms with E-state index in [0.717, 1.165) is 19.0 Å². The van der Waals surface area contributed by atoms with Crippen LogP contribution in [0.3, 0.4) is 0 Å². The number of rotatable bonds is 3. The number of ether oxygens (including phenoxy) is 1. The zero-order valence-corrected chi connectivity index (χ0v) is 10.6. The Balaban J connectivity index is 2.30. The molecule has 0 atom stereocenters. The number of anilines is 1. The van der Waals surface area contributed by atoms with E-state index in [1.54, 1.807) is 11.9 Å². The first-order valence-corrected chi connectivity index (χ1v) is 5.95. The van der Waals surface area contributed by atoms with Crippen LogP contribution in [0.2, 0.25) is 5.28 Å². The molecular weight excluding hydrogens is 260 g/mol. The predicted molar refractivity (Wildman–Crippen MR) is 65.9 cm³/mol. The molecule has 98 valence electrons. The molecule has 2 rings (SSSR count). The first-order valence-electron chi connectivity index (χ1n) is 5.57. The van der Waals surface area contributed by atoms with Gasteiger partial charge in [-0.2, -0.15) is 4.98 Å². The summed E-state index contributed by atoms with van der Waals surface area (Å²) in [5, 5.41) is 11.0. The fraction of sp³-hybridized carbons (Fsp3) is 0.600. The Hall–Kier alpha value is -1.47. The lowest BCUT2D eigenvalue weighted by Gasteiger charge is -2.31. The second kappa shape index (κ2) is 5.45. The van der Waals surface area contributed by atoms with Gasteiger partial charge >= 0.3 is 5.69 Å². The fourth-order valence-electron chi connectivity index (χ4n) is 1.98. The van der Waals surface area contributed by atoms with Crippen molar-refractivity contribution in [2.24, 2.45) is 0 Å². The lowest BCUT2D eigenvalue weighted by Crippen LogP contribution is -2.37. The van der Waals surface area contributed by atoms with Gasteiger partial charge in [-0.25, -0.2) is 4.98 Å². The molecule has 1 fully saturated rings. The zero-order chi connectivity index (χ0) is 13.1. The van der Waals surface area contributed by atoms with E-state index in [9.17, 15) is 10.1 Å². The van der Waals surface area contributed by atoms with Gasteiger partial charge in [0.1, 0.15) is 6.20 Å². The topological polar surface area (TPSA) is 81.4 Å². The highest BCUT2D eigenvalue weighted by atomic mass is 35.5. The van der Waals surface area contributed by atoms with Crippen LogP contribution in [0.1, 0.15) is 12.8 Å². The summed E-state index contributed by atoms with van der Waals surface area (Å²) in [6, 6.07) is 0.170. The minimum absolute atomic E-state index is 0.00881. The molecule has 0 radical (unpaired) electrons. The second-order valence-electron chi connectivity index (χ2n) is 4.06. The van der Waals surface area contributed by atoms with Gasteiger partial charge in [0.25, 0.3) is 0 Å². The molecule has 1 aliphatic rings. The normalized spacial score (nSPS) is 16.6. The van der Waals surface area contributed by atoms with E-state index in [0.29, 0.717) is 13.2 Å². The van der Waals surface area contributed by atoms with Crippen molar-refractivity contribution >= 4 is 23.1 Å². The molecule has 1 aromatic rings. The summed E-state index contributed by atoms with van der Waals surface area (Å²) in [6.45, 7) is 1.31. The largest absolute Gasteiger partial charge is 0.381 e. The molecule has 0 aliphatic carbocycles. The maximum absolute atomic E-state index is 11.0. The van der Waals surface area contributed by atoms with Crippen molar-refractivity contribution in [3.05, 3.63) is 21.6 Å². The molecule has 0 unspecified atom stereocenters. The Bertz CT molecular complexity index is 451. The number of hydrogen-bond acceptors (Lipinski definition) is 6. The number of aromatic nitrogens is 2. The Morgan fingerprint density at radius 1 is 1.56 bits per heavy atom. The average Bonchev–Trinajstić information content (AvgIpc) is 2.38. The monoisotopic (exact) mass is 272 g/mol. The van der Waals surface area contributed by atoms with Crippen LogP contribution in [-0.4, -0.2) is 41.2 Å². The molecule has 18 heavy (non-hydrogen) atoms. The van der Waals surface area contributed by atoms with Crippen molar-refractivity contribution in [2.75, 3.05) is 25.2 Å². The summed E-state index contributed by atoms with van der Waals surface area (Å²) in [5.41, 5.74) is -0.131. The molecular formula is C10H13ClN4O3. The summed E-state index contributed by atoms with van der Waals surface area (Å²) >= 11 is 5.71. The Morgan fingerprint density at radius 3 is 2.83 bits per heavy atom. The molecule has 7 nitrogen and oxygen atoms in total. The average molecular weight is 273 g/mol. The third-order valence-corrected chi connectivity index (χ3v) is 3.17. The lowest BCUT2D eigenvalue weighted by molar-refractivity contribution is -0.384. The molecule has 2 heterocycles. The van der Waals surface area contributed by atoms with Crippen molar-refractivity contribution < 1.29 is 9.66 Å². The van der Waals surface area contributed by atoms with E-state index in [1.165, 1.54) is 0 Å². The molecule has 1 aliphatic heterocycles. The highest BCUT2D eigenvalue weighted by Gasteiger charge is 2.26. The van der Waals surface area contributed by atoms with E-state index < -0.39 is 4.92 Å². The van der Waals surface area contributed by atoms with Gasteiger partial charge in [-0.15, -0.1) is 0 Å². The van der Waals surface area contributed by atoms with Crippen LogP contribution in [0, 0.1) is 10.1 Å². The summed E-state index contributed by atoms with van der Waals surface area (Å²) in [6.07, 6.45) is 2.77. The maximum Gasteiger partial charge on any atom is 0.329 e. The minimum atomic E-state index is -0.499. The van der Waals surface area contributed by atoms with Gasteiger partial charge in [0.2, 0.25) is 11.1 Å². The minimum Gasteiger partial charge on any atom is -0.381 e. The molecule has 1 saturated heterocycles. The van der Waals surface area contributed by atoms with E-state index in [1.807, 2.05) is 0 Å². The Labute approximate surface area is 109 Å². The van der Waals surface area contributed by atoms with E-state index in [2.05, 4.69) is 9.97 Å². The van der Waals surface area contributed by atoms with Gasteiger partial charge in [0.15, 0.2) is 0 Å². The van der Waals surface area contributed by atoms with Crippen LogP contribution in [0.25, 0.3) is 0 Å². The molecule has 0 N–H and O–H groups in total. The third kappa shape index (κ3) is 2.68. The van der Waals surface area contributed by atoms with Gasteiger partial charge < -0.3 is 9.64 Å². The first-order chi connectivity index (χ1) is 8.59. The second-order valence-corrected chi connectivity index (χ2v) is 4.40. The van der Waals surface area contributed by atoms with E-state index in [-0.39, 0.29) is 22.8 Å². The van der Waals surface area contributed by atoms with Gasteiger partial charge in [-0.3, -0.25) is 10.1 Å². The van der Waals surface area contributed by atoms with Crippen molar-refractivity contribution in [3.8, 4) is 0 Å². The third-order valence-electron chi connectivity index (χ3n) is 2.99. The van der Waals surface area contributed by atoms with Crippen LogP contribution in [0.5, 0.6) is 0 Å².